The third-order valence-corrected chi connectivity index (χ3v) is 3.58. The fraction of sp³-hybridized carbons (Fsp3) is 0.500. The minimum absolute atomic E-state index is 0.0149. The zero-order valence-corrected chi connectivity index (χ0v) is 12.1. The molecular formula is C16H23N3O. The van der Waals surface area contributed by atoms with Gasteiger partial charge >= 0.3 is 0 Å². The van der Waals surface area contributed by atoms with Gasteiger partial charge in [-0.3, -0.25) is 4.79 Å². The summed E-state index contributed by atoms with van der Waals surface area (Å²) in [5.74, 6) is -0.0149. The van der Waals surface area contributed by atoms with Crippen LogP contribution in [0.5, 0.6) is 0 Å². The largest absolute Gasteiger partial charge is 0.303 e. The summed E-state index contributed by atoms with van der Waals surface area (Å²) in [4.78, 5) is 14.0. The van der Waals surface area contributed by atoms with Crippen LogP contribution in [0.1, 0.15) is 36.8 Å². The van der Waals surface area contributed by atoms with Crippen LogP contribution < -0.4 is 5.43 Å². The molecule has 0 bridgehead atoms. The second-order valence-electron chi connectivity index (χ2n) is 5.36. The highest BCUT2D eigenvalue weighted by molar-refractivity contribution is 5.82. The molecule has 2 rings (SSSR count). The monoisotopic (exact) mass is 273 g/mol. The molecule has 1 fully saturated rings. The number of nitrogens with one attached hydrogen (secondary N) is 1. The Hall–Kier alpha value is -1.68. The molecule has 1 N–H and O–H groups in total. The average molecular weight is 273 g/mol. The zero-order valence-electron chi connectivity index (χ0n) is 12.1. The zero-order chi connectivity index (χ0) is 14.2. The normalized spacial score (nSPS) is 16.4. The van der Waals surface area contributed by atoms with Gasteiger partial charge < -0.3 is 4.90 Å². The van der Waals surface area contributed by atoms with Crippen molar-refractivity contribution in [2.24, 2.45) is 5.10 Å². The van der Waals surface area contributed by atoms with Crippen LogP contribution in [0.15, 0.2) is 29.4 Å². The maximum absolute atomic E-state index is 11.7. The Bertz CT molecular complexity index is 447. The Kier molecular flexibility index (Phi) is 5.74. The molecule has 1 aromatic carbocycles. The van der Waals surface area contributed by atoms with Gasteiger partial charge in [0, 0.05) is 13.0 Å². The van der Waals surface area contributed by atoms with Gasteiger partial charge in [-0.15, -0.1) is 0 Å². The summed E-state index contributed by atoms with van der Waals surface area (Å²) >= 11 is 0. The van der Waals surface area contributed by atoms with Crippen LogP contribution in [0.3, 0.4) is 0 Å². The van der Waals surface area contributed by atoms with Crippen molar-refractivity contribution < 1.29 is 4.79 Å². The lowest BCUT2D eigenvalue weighted by Gasteiger charge is -2.25. The van der Waals surface area contributed by atoms with Gasteiger partial charge in [0.25, 0.3) is 0 Å². The summed E-state index contributed by atoms with van der Waals surface area (Å²) in [6.07, 6.45) is 6.04. The van der Waals surface area contributed by atoms with E-state index >= 15 is 0 Å². The fourth-order valence-electron chi connectivity index (χ4n) is 2.33. The van der Waals surface area contributed by atoms with Crippen molar-refractivity contribution in [3.8, 4) is 0 Å². The number of hydrogen-bond acceptors (Lipinski definition) is 3. The lowest BCUT2D eigenvalue weighted by atomic mass is 10.1. The van der Waals surface area contributed by atoms with E-state index in [1.54, 1.807) is 6.21 Å². The molecule has 20 heavy (non-hydrogen) atoms. The van der Waals surface area contributed by atoms with Gasteiger partial charge in [-0.2, -0.15) is 5.10 Å². The molecule has 0 aromatic heterocycles. The first-order chi connectivity index (χ1) is 9.74. The van der Waals surface area contributed by atoms with E-state index in [9.17, 15) is 4.79 Å². The minimum atomic E-state index is -0.0149. The van der Waals surface area contributed by atoms with Gasteiger partial charge in [0.2, 0.25) is 5.91 Å². The number of nitrogens with zero attached hydrogens (tertiary/aromatic N) is 2. The molecule has 1 aromatic rings. The Labute approximate surface area is 120 Å². The van der Waals surface area contributed by atoms with Gasteiger partial charge in [0.15, 0.2) is 0 Å². The van der Waals surface area contributed by atoms with Gasteiger partial charge in [-0.1, -0.05) is 36.2 Å². The molecule has 0 spiro atoms. The highest BCUT2D eigenvalue weighted by Crippen LogP contribution is 2.08. The van der Waals surface area contributed by atoms with Gasteiger partial charge in [-0.05, 0) is 38.4 Å². The third-order valence-electron chi connectivity index (χ3n) is 3.58. The first kappa shape index (κ1) is 14.7. The highest BCUT2D eigenvalue weighted by atomic mass is 16.2. The molecule has 4 heteroatoms. The third kappa shape index (κ3) is 5.13. The van der Waals surface area contributed by atoms with Crippen molar-refractivity contribution in [1.29, 1.82) is 0 Å². The number of carbonyl (C=O) groups is 1. The number of benzene rings is 1. The Morgan fingerprint density at radius 2 is 1.95 bits per heavy atom. The molecule has 1 amide bonds. The minimum Gasteiger partial charge on any atom is -0.303 e. The fourth-order valence-corrected chi connectivity index (χ4v) is 2.33. The molecule has 1 aliphatic heterocycles. The van der Waals surface area contributed by atoms with Crippen LogP contribution in [-0.4, -0.2) is 36.7 Å². The molecule has 108 valence electrons. The van der Waals surface area contributed by atoms with E-state index in [-0.39, 0.29) is 5.91 Å². The van der Waals surface area contributed by atoms with Crippen molar-refractivity contribution in [3.63, 3.8) is 0 Å². The first-order valence-electron chi connectivity index (χ1n) is 7.35. The number of hydrogen-bond donors (Lipinski definition) is 1. The van der Waals surface area contributed by atoms with Crippen LogP contribution in [0.4, 0.5) is 0 Å². The molecule has 0 atom stereocenters. The predicted octanol–water partition coefficient (Wildman–Crippen LogP) is 2.32. The van der Waals surface area contributed by atoms with Gasteiger partial charge in [-0.25, -0.2) is 5.43 Å². The molecule has 0 radical (unpaired) electrons. The summed E-state index contributed by atoms with van der Waals surface area (Å²) < 4.78 is 0. The standard InChI is InChI=1S/C16H23N3O/c1-14-5-7-15(8-6-14)13-17-18-16(20)9-12-19-10-3-2-4-11-19/h5-8,13H,2-4,9-12H2,1H3,(H,18,20)/b17-13+. The Morgan fingerprint density at radius 3 is 2.65 bits per heavy atom. The molecule has 0 unspecified atom stereocenters. The lowest BCUT2D eigenvalue weighted by molar-refractivity contribution is -0.121. The predicted molar refractivity (Wildman–Crippen MR) is 81.8 cm³/mol. The number of likely N-dealkylation sites (tertiary alicyclic amines) is 1. The van der Waals surface area contributed by atoms with Crippen LogP contribution in [-0.2, 0) is 4.79 Å². The van der Waals surface area contributed by atoms with E-state index < -0.39 is 0 Å². The Morgan fingerprint density at radius 1 is 1.25 bits per heavy atom. The number of piperidine rings is 1. The van der Waals surface area contributed by atoms with E-state index in [4.69, 9.17) is 0 Å². The van der Waals surface area contributed by atoms with Crippen molar-refractivity contribution in [1.82, 2.24) is 10.3 Å². The summed E-state index contributed by atoms with van der Waals surface area (Å²) in [6.45, 7) is 5.13. The van der Waals surface area contributed by atoms with E-state index in [0.717, 1.165) is 25.2 Å². The number of carbonyl (C=O) groups excluding carboxylic acids is 1. The van der Waals surface area contributed by atoms with Crippen LogP contribution >= 0.6 is 0 Å². The molecule has 1 aliphatic rings. The molecule has 1 heterocycles. The maximum Gasteiger partial charge on any atom is 0.241 e. The van der Waals surface area contributed by atoms with Gasteiger partial charge in [0.1, 0.15) is 0 Å². The molecular weight excluding hydrogens is 250 g/mol. The second kappa shape index (κ2) is 7.80. The number of hydrazone groups is 1. The van der Waals surface area contributed by atoms with Crippen molar-refractivity contribution in [3.05, 3.63) is 35.4 Å². The van der Waals surface area contributed by atoms with Crippen LogP contribution in [0, 0.1) is 6.92 Å². The summed E-state index contributed by atoms with van der Waals surface area (Å²) in [6, 6.07) is 8.02. The van der Waals surface area contributed by atoms with Crippen molar-refractivity contribution >= 4 is 12.1 Å². The van der Waals surface area contributed by atoms with E-state index in [2.05, 4.69) is 15.4 Å². The quantitative estimate of drug-likeness (QED) is 0.661. The summed E-state index contributed by atoms with van der Waals surface area (Å²) in [5, 5.41) is 3.99. The second-order valence-corrected chi connectivity index (χ2v) is 5.36. The van der Waals surface area contributed by atoms with Crippen LogP contribution in [0.25, 0.3) is 0 Å². The summed E-state index contributed by atoms with van der Waals surface area (Å²) in [5.41, 5.74) is 4.80. The molecule has 0 aliphatic carbocycles. The molecule has 1 saturated heterocycles. The van der Waals surface area contributed by atoms with Crippen molar-refractivity contribution in [2.75, 3.05) is 19.6 Å². The van der Waals surface area contributed by atoms with E-state index in [1.807, 2.05) is 31.2 Å². The number of amides is 1. The van der Waals surface area contributed by atoms with E-state index in [0.29, 0.717) is 6.42 Å². The average Bonchev–Trinajstić information content (AvgIpc) is 2.48. The Balaban J connectivity index is 1.67. The van der Waals surface area contributed by atoms with Crippen LogP contribution in [0.2, 0.25) is 0 Å². The van der Waals surface area contributed by atoms with Crippen molar-refractivity contribution in [2.45, 2.75) is 32.6 Å². The van der Waals surface area contributed by atoms with E-state index in [1.165, 1.54) is 24.8 Å². The lowest BCUT2D eigenvalue weighted by Crippen LogP contribution is -2.33. The SMILES string of the molecule is Cc1ccc(/C=N/NC(=O)CCN2CCCCC2)cc1. The summed E-state index contributed by atoms with van der Waals surface area (Å²) in [7, 11) is 0. The number of rotatable bonds is 5. The number of aryl methyl sites for hydroxylation is 1. The maximum atomic E-state index is 11.7. The molecule has 0 saturated carbocycles. The molecule has 4 nitrogen and oxygen atoms in total. The topological polar surface area (TPSA) is 44.7 Å². The first-order valence-corrected chi connectivity index (χ1v) is 7.35. The smallest absolute Gasteiger partial charge is 0.241 e. The highest BCUT2D eigenvalue weighted by Gasteiger charge is 2.11. The van der Waals surface area contributed by atoms with Gasteiger partial charge in [0.05, 0.1) is 6.21 Å².